The van der Waals surface area contributed by atoms with E-state index in [4.69, 9.17) is 25.9 Å². The van der Waals surface area contributed by atoms with Crippen LogP contribution in [0.25, 0.3) is 0 Å². The molecular weight excluding hydrogens is 352 g/mol. The number of unbranched alkanes of at least 4 members (excludes halogenated alkanes) is 1. The molecule has 0 aromatic heterocycles. The second-order valence-corrected chi connectivity index (χ2v) is 5.40. The molecule has 0 bridgehead atoms. The molecule has 0 atom stereocenters. The summed E-state index contributed by atoms with van der Waals surface area (Å²) in [5.74, 6) is -0.522. The van der Waals surface area contributed by atoms with E-state index in [-0.39, 0.29) is 5.75 Å². The molecular formula is C18H18ClF2NO3. The third-order valence-electron chi connectivity index (χ3n) is 2.99. The Morgan fingerprint density at radius 2 is 1.84 bits per heavy atom. The molecule has 4 nitrogen and oxygen atoms in total. The van der Waals surface area contributed by atoms with E-state index in [9.17, 15) is 8.78 Å². The van der Waals surface area contributed by atoms with Gasteiger partial charge in [-0.2, -0.15) is 0 Å². The summed E-state index contributed by atoms with van der Waals surface area (Å²) in [7, 11) is 0. The highest BCUT2D eigenvalue weighted by molar-refractivity contribution is 6.32. The molecule has 7 heteroatoms. The lowest BCUT2D eigenvalue weighted by atomic mass is 10.3. The normalized spacial score (nSPS) is 10.9. The zero-order chi connectivity index (χ0) is 18.1. The molecule has 0 spiro atoms. The highest BCUT2D eigenvalue weighted by Crippen LogP contribution is 2.31. The first-order valence-electron chi connectivity index (χ1n) is 7.78. The Bertz CT molecular complexity index is 705. The summed E-state index contributed by atoms with van der Waals surface area (Å²) in [6.45, 7) is 2.87. The van der Waals surface area contributed by atoms with Gasteiger partial charge in [0.2, 0.25) is 0 Å². The first-order valence-corrected chi connectivity index (χ1v) is 8.16. The lowest BCUT2D eigenvalue weighted by Gasteiger charge is -2.10. The minimum absolute atomic E-state index is 0.0517. The molecule has 0 aliphatic heterocycles. The van der Waals surface area contributed by atoms with E-state index < -0.39 is 11.6 Å². The lowest BCUT2D eigenvalue weighted by molar-refractivity contribution is 0.159. The average molecular weight is 370 g/mol. The van der Waals surface area contributed by atoms with Gasteiger partial charge in [0.15, 0.2) is 0 Å². The molecule has 0 aliphatic carbocycles. The number of ether oxygens (including phenoxy) is 2. The first-order chi connectivity index (χ1) is 12.1. The van der Waals surface area contributed by atoms with Crippen molar-refractivity contribution in [1.82, 2.24) is 0 Å². The Hall–Kier alpha value is -2.34. The van der Waals surface area contributed by atoms with Gasteiger partial charge in [-0.05, 0) is 31.9 Å². The Balaban J connectivity index is 1.87. The summed E-state index contributed by atoms with van der Waals surface area (Å²) in [6.07, 6.45) is 3.17. The maximum Gasteiger partial charge on any atom is 0.138 e. The van der Waals surface area contributed by atoms with Crippen molar-refractivity contribution in [2.45, 2.75) is 19.8 Å². The molecule has 2 rings (SSSR count). The van der Waals surface area contributed by atoms with Gasteiger partial charge in [0.25, 0.3) is 0 Å². The number of benzene rings is 2. The highest BCUT2D eigenvalue weighted by atomic mass is 35.5. The fourth-order valence-corrected chi connectivity index (χ4v) is 2.15. The third kappa shape index (κ3) is 6.58. The zero-order valence-electron chi connectivity index (χ0n) is 13.7. The molecule has 25 heavy (non-hydrogen) atoms. The molecule has 0 saturated carbocycles. The minimum atomic E-state index is -0.714. The zero-order valence-corrected chi connectivity index (χ0v) is 14.4. The van der Waals surface area contributed by atoms with Crippen molar-refractivity contribution >= 4 is 17.8 Å². The fraction of sp³-hybridized carbons (Fsp3) is 0.278. The summed E-state index contributed by atoms with van der Waals surface area (Å²) in [6, 6.07) is 7.73. The molecule has 2 aromatic carbocycles. The average Bonchev–Trinajstić information content (AvgIpc) is 2.55. The van der Waals surface area contributed by atoms with Crippen molar-refractivity contribution in [2.75, 3.05) is 13.2 Å². The predicted octanol–water partition coefficient (Wildman–Crippen LogP) is 5.59. The monoisotopic (exact) mass is 369 g/mol. The van der Waals surface area contributed by atoms with Gasteiger partial charge in [0.05, 0.1) is 11.6 Å². The summed E-state index contributed by atoms with van der Waals surface area (Å²) < 4.78 is 37.3. The molecule has 0 heterocycles. The van der Waals surface area contributed by atoms with Gasteiger partial charge >= 0.3 is 0 Å². The SMILES string of the molecule is CCON=CCCCOc1ccc(Oc2cc(F)cc(F)c2)cc1Cl. The number of halogens is 3. The second kappa shape index (κ2) is 9.84. The summed E-state index contributed by atoms with van der Waals surface area (Å²) >= 11 is 6.14. The molecule has 0 radical (unpaired) electrons. The van der Waals surface area contributed by atoms with E-state index in [1.54, 1.807) is 18.3 Å². The molecule has 134 valence electrons. The number of nitrogens with zero attached hydrogens (tertiary/aromatic N) is 1. The second-order valence-electron chi connectivity index (χ2n) is 5.00. The van der Waals surface area contributed by atoms with E-state index >= 15 is 0 Å². The van der Waals surface area contributed by atoms with Gasteiger partial charge in [-0.15, -0.1) is 0 Å². The fourth-order valence-electron chi connectivity index (χ4n) is 1.92. The maximum atomic E-state index is 13.2. The summed E-state index contributed by atoms with van der Waals surface area (Å²) in [5.41, 5.74) is 0. The molecule has 0 amide bonds. The summed E-state index contributed by atoms with van der Waals surface area (Å²) in [4.78, 5) is 4.84. The van der Waals surface area contributed by atoms with E-state index in [0.29, 0.717) is 29.7 Å². The number of hydrogen-bond donors (Lipinski definition) is 0. The van der Waals surface area contributed by atoms with Crippen molar-refractivity contribution in [3.05, 3.63) is 53.1 Å². The van der Waals surface area contributed by atoms with Gasteiger partial charge in [0, 0.05) is 30.5 Å². The van der Waals surface area contributed by atoms with Crippen LogP contribution in [0.4, 0.5) is 8.78 Å². The predicted molar refractivity (Wildman–Crippen MR) is 92.7 cm³/mol. The van der Waals surface area contributed by atoms with Crippen molar-refractivity contribution in [3.8, 4) is 17.2 Å². The molecule has 0 N–H and O–H groups in total. The highest BCUT2D eigenvalue weighted by Gasteiger charge is 2.07. The quantitative estimate of drug-likeness (QED) is 0.328. The Morgan fingerprint density at radius 3 is 2.52 bits per heavy atom. The summed E-state index contributed by atoms with van der Waals surface area (Å²) in [5, 5.41) is 4.08. The van der Waals surface area contributed by atoms with Crippen LogP contribution in [0.1, 0.15) is 19.8 Å². The number of rotatable bonds is 9. The maximum absolute atomic E-state index is 13.2. The van der Waals surface area contributed by atoms with Gasteiger partial charge in [-0.25, -0.2) is 8.78 Å². The van der Waals surface area contributed by atoms with Crippen molar-refractivity contribution < 1.29 is 23.1 Å². The molecule has 0 fully saturated rings. The number of oxime groups is 1. The van der Waals surface area contributed by atoms with E-state index in [2.05, 4.69) is 5.16 Å². The smallest absolute Gasteiger partial charge is 0.138 e. The molecule has 0 saturated heterocycles. The Kier molecular flexibility index (Phi) is 7.47. The van der Waals surface area contributed by atoms with E-state index in [1.807, 2.05) is 6.92 Å². The molecule has 0 unspecified atom stereocenters. The lowest BCUT2D eigenvalue weighted by Crippen LogP contribution is -1.98. The van der Waals surface area contributed by atoms with Crippen LogP contribution >= 0.6 is 11.6 Å². The molecule has 0 aliphatic rings. The third-order valence-corrected chi connectivity index (χ3v) is 3.28. The standard InChI is InChI=1S/C18H18ClF2NO3/c1-2-24-22-7-3-4-8-23-18-6-5-15(12-17(18)19)25-16-10-13(20)9-14(21)11-16/h5-7,9-12H,2-4,8H2,1H3. The van der Waals surface area contributed by atoms with Gasteiger partial charge in [0.1, 0.15) is 35.5 Å². The first kappa shape index (κ1) is 19.0. The van der Waals surface area contributed by atoms with Crippen LogP contribution < -0.4 is 9.47 Å². The van der Waals surface area contributed by atoms with Crippen LogP contribution in [0.3, 0.4) is 0 Å². The van der Waals surface area contributed by atoms with Gasteiger partial charge < -0.3 is 14.3 Å². The van der Waals surface area contributed by atoms with Crippen molar-refractivity contribution in [2.24, 2.45) is 5.16 Å². The number of hydrogen-bond acceptors (Lipinski definition) is 4. The molecule has 2 aromatic rings. The Labute approximate surface area is 150 Å². The Morgan fingerprint density at radius 1 is 1.08 bits per heavy atom. The van der Waals surface area contributed by atoms with Crippen molar-refractivity contribution in [3.63, 3.8) is 0 Å². The van der Waals surface area contributed by atoms with Crippen molar-refractivity contribution in [1.29, 1.82) is 0 Å². The van der Waals surface area contributed by atoms with E-state index in [0.717, 1.165) is 31.0 Å². The van der Waals surface area contributed by atoms with E-state index in [1.165, 1.54) is 6.07 Å². The van der Waals surface area contributed by atoms with Crippen LogP contribution in [0, 0.1) is 11.6 Å². The van der Waals surface area contributed by atoms with Crippen LogP contribution in [-0.4, -0.2) is 19.4 Å². The van der Waals surface area contributed by atoms with Gasteiger partial charge in [-0.3, -0.25) is 0 Å². The van der Waals surface area contributed by atoms with Crippen LogP contribution in [-0.2, 0) is 4.84 Å². The van der Waals surface area contributed by atoms with Crippen LogP contribution in [0.2, 0.25) is 5.02 Å². The topological polar surface area (TPSA) is 40.0 Å². The largest absolute Gasteiger partial charge is 0.492 e. The minimum Gasteiger partial charge on any atom is -0.492 e. The van der Waals surface area contributed by atoms with Crippen LogP contribution in [0.15, 0.2) is 41.6 Å². The van der Waals surface area contributed by atoms with Gasteiger partial charge in [-0.1, -0.05) is 16.8 Å². The van der Waals surface area contributed by atoms with Crippen LogP contribution in [0.5, 0.6) is 17.2 Å².